The van der Waals surface area contributed by atoms with E-state index in [-0.39, 0.29) is 33.4 Å². The summed E-state index contributed by atoms with van der Waals surface area (Å²) in [5.74, 6) is -2.93. The van der Waals surface area contributed by atoms with Crippen molar-refractivity contribution >= 4 is 29.1 Å². The van der Waals surface area contributed by atoms with Crippen molar-refractivity contribution in [3.8, 4) is 0 Å². The molecule has 1 heterocycles. The van der Waals surface area contributed by atoms with Gasteiger partial charge in [-0.15, -0.1) is 0 Å². The first-order chi connectivity index (χ1) is 14.5. The summed E-state index contributed by atoms with van der Waals surface area (Å²) in [5.41, 5.74) is 1.19. The molecule has 2 atom stereocenters. The molecule has 1 saturated heterocycles. The van der Waals surface area contributed by atoms with Crippen molar-refractivity contribution in [3.05, 3.63) is 64.2 Å². The van der Waals surface area contributed by atoms with E-state index in [1.165, 1.54) is 0 Å². The number of carbonyl (C=O) groups excluding carboxylic acids is 2. The second-order valence-electron chi connectivity index (χ2n) is 9.92. The van der Waals surface area contributed by atoms with Crippen molar-refractivity contribution in [2.75, 3.05) is 11.9 Å². The fourth-order valence-electron chi connectivity index (χ4n) is 5.45. The first-order valence-corrected chi connectivity index (χ1v) is 10.7. The third kappa shape index (κ3) is 4.31. The molecule has 2 aliphatic rings. The van der Waals surface area contributed by atoms with Gasteiger partial charge in [-0.1, -0.05) is 32.4 Å². The summed E-state index contributed by atoms with van der Waals surface area (Å²) in [6, 6.07) is 8.34. The standard InChI is InChI=1S/C24H25ClF2N2O2/c1-23(2)10-16-11-24(3,12-23)13-29(16)22(31)14-4-6-15(7-5-14)28-21(30)17-8-19(26)20(27)9-18(17)25/h4-9,16H,10-13H2,1-3H3,(H,28,30)/t16-,24-/m0/s1. The fraction of sp³-hybridized carbons (Fsp3) is 0.417. The third-order valence-electron chi connectivity index (χ3n) is 6.32. The highest BCUT2D eigenvalue weighted by Gasteiger charge is 2.51. The number of hydrogen-bond acceptors (Lipinski definition) is 2. The van der Waals surface area contributed by atoms with Crippen LogP contribution in [0.3, 0.4) is 0 Å². The van der Waals surface area contributed by atoms with E-state index in [9.17, 15) is 18.4 Å². The van der Waals surface area contributed by atoms with Crippen LogP contribution in [0.15, 0.2) is 36.4 Å². The largest absolute Gasteiger partial charge is 0.335 e. The summed E-state index contributed by atoms with van der Waals surface area (Å²) < 4.78 is 26.7. The molecule has 31 heavy (non-hydrogen) atoms. The Kier molecular flexibility index (Phi) is 5.32. The van der Waals surface area contributed by atoms with Crippen LogP contribution in [0.5, 0.6) is 0 Å². The van der Waals surface area contributed by atoms with E-state index in [1.54, 1.807) is 24.3 Å². The van der Waals surface area contributed by atoms with Gasteiger partial charge >= 0.3 is 0 Å². The van der Waals surface area contributed by atoms with Crippen LogP contribution in [0.25, 0.3) is 0 Å². The Morgan fingerprint density at radius 3 is 2.39 bits per heavy atom. The van der Waals surface area contributed by atoms with E-state index in [1.807, 2.05) is 4.90 Å². The maximum atomic E-state index is 13.5. The highest BCUT2D eigenvalue weighted by Crippen LogP contribution is 2.52. The summed E-state index contributed by atoms with van der Waals surface area (Å²) in [7, 11) is 0. The Bertz CT molecular complexity index is 1050. The topological polar surface area (TPSA) is 49.4 Å². The molecule has 2 amide bonds. The number of fused-ring (bicyclic) bond motifs is 2. The van der Waals surface area contributed by atoms with Crippen LogP contribution >= 0.6 is 11.6 Å². The average molecular weight is 447 g/mol. The second kappa shape index (κ2) is 7.59. The molecule has 7 heteroatoms. The molecule has 1 aliphatic heterocycles. The van der Waals surface area contributed by atoms with E-state index in [0.29, 0.717) is 11.3 Å². The molecule has 2 bridgehead atoms. The van der Waals surface area contributed by atoms with E-state index in [4.69, 9.17) is 11.6 Å². The van der Waals surface area contributed by atoms with Gasteiger partial charge in [-0.2, -0.15) is 0 Å². The van der Waals surface area contributed by atoms with Crippen LogP contribution in [-0.2, 0) is 0 Å². The molecular weight excluding hydrogens is 422 g/mol. The minimum Gasteiger partial charge on any atom is -0.335 e. The van der Waals surface area contributed by atoms with Gasteiger partial charge in [0.2, 0.25) is 0 Å². The van der Waals surface area contributed by atoms with Gasteiger partial charge in [0.1, 0.15) is 0 Å². The molecule has 0 spiro atoms. The fourth-order valence-corrected chi connectivity index (χ4v) is 5.69. The summed E-state index contributed by atoms with van der Waals surface area (Å²) in [6.07, 6.45) is 3.14. The SMILES string of the molecule is CC1(C)C[C@H]2C[C@](C)(CN2C(=O)c2ccc(NC(=O)c3cc(F)c(F)cc3Cl)cc2)C1. The summed E-state index contributed by atoms with van der Waals surface area (Å²) >= 11 is 5.86. The van der Waals surface area contributed by atoms with Crippen LogP contribution in [0.2, 0.25) is 5.02 Å². The maximum Gasteiger partial charge on any atom is 0.257 e. The zero-order valence-electron chi connectivity index (χ0n) is 17.8. The van der Waals surface area contributed by atoms with Crippen LogP contribution in [-0.4, -0.2) is 29.3 Å². The summed E-state index contributed by atoms with van der Waals surface area (Å²) in [6.45, 7) is 7.55. The zero-order valence-corrected chi connectivity index (χ0v) is 18.5. The summed E-state index contributed by atoms with van der Waals surface area (Å²) in [5, 5.41) is 2.42. The van der Waals surface area contributed by atoms with Crippen molar-refractivity contribution in [2.45, 2.75) is 46.1 Å². The molecule has 2 aromatic carbocycles. The number of nitrogens with zero attached hydrogens (tertiary/aromatic N) is 1. The smallest absolute Gasteiger partial charge is 0.257 e. The van der Waals surface area contributed by atoms with Crippen LogP contribution < -0.4 is 5.32 Å². The van der Waals surface area contributed by atoms with Crippen LogP contribution in [0.4, 0.5) is 14.5 Å². The van der Waals surface area contributed by atoms with Crippen molar-refractivity contribution < 1.29 is 18.4 Å². The van der Waals surface area contributed by atoms with Gasteiger partial charge in [-0.25, -0.2) is 8.78 Å². The van der Waals surface area contributed by atoms with Gasteiger partial charge in [0.15, 0.2) is 11.6 Å². The molecular formula is C24H25ClF2N2O2. The van der Waals surface area contributed by atoms with Gasteiger partial charge in [0.25, 0.3) is 11.8 Å². The monoisotopic (exact) mass is 446 g/mol. The van der Waals surface area contributed by atoms with Crippen LogP contribution in [0, 0.1) is 22.5 Å². The number of benzene rings is 2. The van der Waals surface area contributed by atoms with Gasteiger partial charge in [0.05, 0.1) is 10.6 Å². The van der Waals surface area contributed by atoms with Crippen molar-refractivity contribution in [1.82, 2.24) is 4.90 Å². The Balaban J connectivity index is 1.47. The minimum absolute atomic E-state index is 0.00653. The number of likely N-dealkylation sites (tertiary alicyclic amines) is 1. The molecule has 0 aromatic heterocycles. The van der Waals surface area contributed by atoms with E-state index >= 15 is 0 Å². The average Bonchev–Trinajstić information content (AvgIpc) is 2.93. The highest BCUT2D eigenvalue weighted by atomic mass is 35.5. The maximum absolute atomic E-state index is 13.5. The molecule has 4 nitrogen and oxygen atoms in total. The van der Waals surface area contributed by atoms with Gasteiger partial charge in [0, 0.05) is 23.8 Å². The highest BCUT2D eigenvalue weighted by molar-refractivity contribution is 6.34. The lowest BCUT2D eigenvalue weighted by Gasteiger charge is -2.39. The first-order valence-electron chi connectivity index (χ1n) is 10.3. The molecule has 4 rings (SSSR count). The number of amides is 2. The zero-order chi connectivity index (χ0) is 22.6. The number of anilines is 1. The van der Waals surface area contributed by atoms with Gasteiger partial charge < -0.3 is 10.2 Å². The van der Waals surface area contributed by atoms with Gasteiger partial charge in [-0.05, 0) is 66.5 Å². The quantitative estimate of drug-likeness (QED) is 0.596. The normalized spacial score (nSPS) is 24.2. The molecule has 0 unspecified atom stereocenters. The van der Waals surface area contributed by atoms with E-state index < -0.39 is 17.5 Å². The Labute approximate surface area is 185 Å². The Morgan fingerprint density at radius 1 is 1.06 bits per heavy atom. The molecule has 2 fully saturated rings. The number of rotatable bonds is 3. The van der Waals surface area contributed by atoms with Crippen molar-refractivity contribution in [2.24, 2.45) is 10.8 Å². The third-order valence-corrected chi connectivity index (χ3v) is 6.63. The lowest BCUT2D eigenvalue weighted by atomic mass is 9.65. The predicted octanol–water partition coefficient (Wildman–Crippen LogP) is 5.91. The molecule has 1 N–H and O–H groups in total. The number of halogens is 3. The number of nitrogens with one attached hydrogen (secondary N) is 1. The number of carbonyl (C=O) groups is 2. The lowest BCUT2D eigenvalue weighted by molar-refractivity contribution is 0.0708. The summed E-state index contributed by atoms with van der Waals surface area (Å²) in [4.78, 5) is 27.5. The molecule has 164 valence electrons. The first kappa shape index (κ1) is 21.8. The molecule has 0 radical (unpaired) electrons. The molecule has 1 saturated carbocycles. The molecule has 2 aromatic rings. The van der Waals surface area contributed by atoms with E-state index in [0.717, 1.165) is 37.9 Å². The molecule has 1 aliphatic carbocycles. The van der Waals surface area contributed by atoms with Crippen molar-refractivity contribution in [3.63, 3.8) is 0 Å². The van der Waals surface area contributed by atoms with E-state index in [2.05, 4.69) is 26.1 Å². The Hall–Kier alpha value is -2.47. The van der Waals surface area contributed by atoms with Gasteiger partial charge in [-0.3, -0.25) is 9.59 Å². The number of hydrogen-bond donors (Lipinski definition) is 1. The van der Waals surface area contributed by atoms with Crippen molar-refractivity contribution in [1.29, 1.82) is 0 Å². The minimum atomic E-state index is -1.15. The lowest BCUT2D eigenvalue weighted by Crippen LogP contribution is -2.37. The predicted molar refractivity (Wildman–Crippen MR) is 116 cm³/mol. The second-order valence-corrected chi connectivity index (χ2v) is 10.3. The Morgan fingerprint density at radius 2 is 1.71 bits per heavy atom. The van der Waals surface area contributed by atoms with Crippen LogP contribution in [0.1, 0.15) is 60.7 Å².